The molecule has 0 atom stereocenters. The number of H-pyrrole nitrogens is 1. The van der Waals surface area contributed by atoms with Crippen LogP contribution >= 0.6 is 0 Å². The van der Waals surface area contributed by atoms with Gasteiger partial charge in [0.2, 0.25) is 0 Å². The van der Waals surface area contributed by atoms with E-state index in [1.807, 2.05) is 24.3 Å². The van der Waals surface area contributed by atoms with E-state index in [1.54, 1.807) is 24.4 Å². The number of nitrogens with one attached hydrogen (secondary N) is 1. The summed E-state index contributed by atoms with van der Waals surface area (Å²) in [5, 5.41) is 0.891. The van der Waals surface area contributed by atoms with E-state index in [0.717, 1.165) is 10.9 Å². The number of nitrogen functional groups attached to an aromatic ring is 1. The first kappa shape index (κ1) is 12.3. The van der Waals surface area contributed by atoms with Gasteiger partial charge in [-0.25, -0.2) is 0 Å². The topological polar surface area (TPSA) is 68.1 Å². The Morgan fingerprint density at radius 3 is 2.75 bits per heavy atom. The van der Waals surface area contributed by atoms with Gasteiger partial charge in [-0.05, 0) is 24.3 Å². The summed E-state index contributed by atoms with van der Waals surface area (Å²) in [5.41, 5.74) is 8.32. The SMILES string of the molecule is COc1ccc(N)cc1C(=O)c1c[nH]c2ccccc12. The van der Waals surface area contributed by atoms with Gasteiger partial charge in [0.25, 0.3) is 0 Å². The number of aromatic amines is 1. The van der Waals surface area contributed by atoms with Crippen LogP contribution in [0.15, 0.2) is 48.7 Å². The molecular weight excluding hydrogens is 252 g/mol. The third-order valence-electron chi connectivity index (χ3n) is 3.30. The summed E-state index contributed by atoms with van der Waals surface area (Å²) in [4.78, 5) is 15.8. The summed E-state index contributed by atoms with van der Waals surface area (Å²) in [5.74, 6) is 0.418. The number of ketones is 1. The molecule has 0 fully saturated rings. The summed E-state index contributed by atoms with van der Waals surface area (Å²) in [6, 6.07) is 12.7. The first-order valence-corrected chi connectivity index (χ1v) is 6.25. The molecule has 1 heterocycles. The van der Waals surface area contributed by atoms with Crippen molar-refractivity contribution in [2.24, 2.45) is 0 Å². The fourth-order valence-electron chi connectivity index (χ4n) is 2.31. The minimum Gasteiger partial charge on any atom is -0.496 e. The van der Waals surface area contributed by atoms with E-state index < -0.39 is 0 Å². The molecule has 1 aromatic heterocycles. The number of carbonyl (C=O) groups excluding carboxylic acids is 1. The zero-order valence-corrected chi connectivity index (χ0v) is 11.0. The Morgan fingerprint density at radius 1 is 1.15 bits per heavy atom. The maximum Gasteiger partial charge on any atom is 0.198 e. The highest BCUT2D eigenvalue weighted by Gasteiger charge is 2.18. The molecule has 0 aliphatic carbocycles. The number of methoxy groups -OCH3 is 1. The normalized spacial score (nSPS) is 10.7. The van der Waals surface area contributed by atoms with Crippen LogP contribution in [0.2, 0.25) is 0 Å². The standard InChI is InChI=1S/C16H14N2O2/c1-20-15-7-6-10(17)8-12(15)16(19)13-9-18-14-5-3-2-4-11(13)14/h2-9,18H,17H2,1H3. The monoisotopic (exact) mass is 266 g/mol. The van der Waals surface area contributed by atoms with E-state index >= 15 is 0 Å². The van der Waals surface area contributed by atoms with E-state index in [0.29, 0.717) is 22.6 Å². The van der Waals surface area contributed by atoms with Crippen molar-refractivity contribution in [3.05, 3.63) is 59.8 Å². The van der Waals surface area contributed by atoms with Gasteiger partial charge in [0.05, 0.1) is 12.7 Å². The Balaban J connectivity index is 2.15. The molecule has 0 spiro atoms. The molecule has 3 N–H and O–H groups in total. The Hall–Kier alpha value is -2.75. The minimum atomic E-state index is -0.105. The smallest absolute Gasteiger partial charge is 0.198 e. The van der Waals surface area contributed by atoms with Crippen LogP contribution in [0.1, 0.15) is 15.9 Å². The van der Waals surface area contributed by atoms with E-state index in [9.17, 15) is 4.79 Å². The fraction of sp³-hybridized carbons (Fsp3) is 0.0625. The number of hydrogen-bond donors (Lipinski definition) is 2. The predicted molar refractivity (Wildman–Crippen MR) is 79.1 cm³/mol. The third kappa shape index (κ3) is 1.91. The average molecular weight is 266 g/mol. The number of carbonyl (C=O) groups is 1. The second kappa shape index (κ2) is 4.74. The molecule has 0 amide bonds. The van der Waals surface area contributed by atoms with Crippen molar-refractivity contribution >= 4 is 22.4 Å². The number of rotatable bonds is 3. The molecule has 4 heteroatoms. The van der Waals surface area contributed by atoms with Crippen LogP contribution in [0.25, 0.3) is 10.9 Å². The first-order chi connectivity index (χ1) is 9.70. The van der Waals surface area contributed by atoms with Crippen molar-refractivity contribution in [1.82, 2.24) is 4.98 Å². The number of aromatic nitrogens is 1. The molecular formula is C16H14N2O2. The molecule has 0 unspecified atom stereocenters. The van der Waals surface area contributed by atoms with E-state index in [1.165, 1.54) is 7.11 Å². The van der Waals surface area contributed by atoms with Gasteiger partial charge in [0, 0.05) is 28.4 Å². The highest BCUT2D eigenvalue weighted by molar-refractivity contribution is 6.17. The van der Waals surface area contributed by atoms with Gasteiger partial charge >= 0.3 is 0 Å². The fourth-order valence-corrected chi connectivity index (χ4v) is 2.31. The van der Waals surface area contributed by atoms with Crippen LogP contribution in [0, 0.1) is 0 Å². The van der Waals surface area contributed by atoms with E-state index in [-0.39, 0.29) is 5.78 Å². The third-order valence-corrected chi connectivity index (χ3v) is 3.30. The Labute approximate surface area is 116 Å². The molecule has 4 nitrogen and oxygen atoms in total. The number of benzene rings is 2. The van der Waals surface area contributed by atoms with Crippen LogP contribution < -0.4 is 10.5 Å². The molecule has 100 valence electrons. The molecule has 0 aliphatic heterocycles. The van der Waals surface area contributed by atoms with Gasteiger partial charge in [-0.2, -0.15) is 0 Å². The molecule has 3 aromatic rings. The minimum absolute atomic E-state index is 0.105. The highest BCUT2D eigenvalue weighted by atomic mass is 16.5. The van der Waals surface area contributed by atoms with Crippen LogP contribution in [0.4, 0.5) is 5.69 Å². The van der Waals surface area contributed by atoms with Crippen molar-refractivity contribution < 1.29 is 9.53 Å². The second-order valence-electron chi connectivity index (χ2n) is 4.54. The van der Waals surface area contributed by atoms with Crippen LogP contribution in [-0.2, 0) is 0 Å². The Bertz CT molecular complexity index is 790. The maximum atomic E-state index is 12.7. The zero-order valence-electron chi connectivity index (χ0n) is 11.0. The molecule has 0 bridgehead atoms. The van der Waals surface area contributed by atoms with Gasteiger partial charge < -0.3 is 15.5 Å². The second-order valence-corrected chi connectivity index (χ2v) is 4.54. The van der Waals surface area contributed by atoms with Gasteiger partial charge in [0.15, 0.2) is 5.78 Å². The number of anilines is 1. The number of fused-ring (bicyclic) bond motifs is 1. The van der Waals surface area contributed by atoms with Crippen molar-refractivity contribution in [2.75, 3.05) is 12.8 Å². The number of hydrogen-bond acceptors (Lipinski definition) is 3. The first-order valence-electron chi connectivity index (χ1n) is 6.25. The van der Waals surface area contributed by atoms with Gasteiger partial charge in [-0.15, -0.1) is 0 Å². The summed E-state index contributed by atoms with van der Waals surface area (Å²) in [6.45, 7) is 0. The Morgan fingerprint density at radius 2 is 1.95 bits per heavy atom. The highest BCUT2D eigenvalue weighted by Crippen LogP contribution is 2.27. The van der Waals surface area contributed by atoms with E-state index in [4.69, 9.17) is 10.5 Å². The summed E-state index contributed by atoms with van der Waals surface area (Å²) in [6.07, 6.45) is 1.72. The molecule has 0 saturated heterocycles. The number of ether oxygens (including phenoxy) is 1. The Kier molecular flexibility index (Phi) is 2.91. The molecule has 0 aliphatic rings. The van der Waals surface area contributed by atoms with Crippen LogP contribution in [0.3, 0.4) is 0 Å². The lowest BCUT2D eigenvalue weighted by Crippen LogP contribution is -2.04. The van der Waals surface area contributed by atoms with Gasteiger partial charge in [0.1, 0.15) is 5.75 Å². The lowest BCUT2D eigenvalue weighted by Gasteiger charge is -2.08. The van der Waals surface area contributed by atoms with Crippen molar-refractivity contribution in [3.63, 3.8) is 0 Å². The van der Waals surface area contributed by atoms with Crippen LogP contribution in [0.5, 0.6) is 5.75 Å². The number of nitrogens with two attached hydrogens (primary N) is 1. The molecule has 0 saturated carbocycles. The van der Waals surface area contributed by atoms with Crippen molar-refractivity contribution in [1.29, 1.82) is 0 Å². The summed E-state index contributed by atoms with van der Waals surface area (Å²) in [7, 11) is 1.54. The van der Waals surface area contributed by atoms with Crippen molar-refractivity contribution in [3.8, 4) is 5.75 Å². The lowest BCUT2D eigenvalue weighted by atomic mass is 10.0. The maximum absolute atomic E-state index is 12.7. The predicted octanol–water partition coefficient (Wildman–Crippen LogP) is 2.99. The molecule has 2 aromatic carbocycles. The molecule has 20 heavy (non-hydrogen) atoms. The van der Waals surface area contributed by atoms with E-state index in [2.05, 4.69) is 4.98 Å². The molecule has 0 radical (unpaired) electrons. The summed E-state index contributed by atoms with van der Waals surface area (Å²) >= 11 is 0. The van der Waals surface area contributed by atoms with Crippen LogP contribution in [-0.4, -0.2) is 17.9 Å². The van der Waals surface area contributed by atoms with Crippen molar-refractivity contribution in [2.45, 2.75) is 0 Å². The largest absolute Gasteiger partial charge is 0.496 e. The lowest BCUT2D eigenvalue weighted by molar-refractivity contribution is 0.103. The quantitative estimate of drug-likeness (QED) is 0.565. The van der Waals surface area contributed by atoms with Gasteiger partial charge in [-0.3, -0.25) is 4.79 Å². The number of para-hydroxylation sites is 1. The zero-order chi connectivity index (χ0) is 14.1. The van der Waals surface area contributed by atoms with Gasteiger partial charge in [-0.1, -0.05) is 18.2 Å². The average Bonchev–Trinajstić information content (AvgIpc) is 2.90. The summed E-state index contributed by atoms with van der Waals surface area (Å²) < 4.78 is 5.24. The molecule has 3 rings (SSSR count).